The Bertz CT molecular complexity index is 1360. The van der Waals surface area contributed by atoms with E-state index < -0.39 is 5.16 Å². The van der Waals surface area contributed by atoms with Gasteiger partial charge in [0.15, 0.2) is 0 Å². The number of hydrogen-bond acceptors (Lipinski definition) is 2. The van der Waals surface area contributed by atoms with Crippen LogP contribution in [0.1, 0.15) is 64.1 Å². The van der Waals surface area contributed by atoms with Crippen molar-refractivity contribution in [2.75, 3.05) is 0 Å². The maximum Gasteiger partial charge on any atom is 0.0710 e. The molecule has 0 aliphatic carbocycles. The van der Waals surface area contributed by atoms with E-state index in [1.165, 1.54) is 22.3 Å². The molecule has 0 amide bonds. The summed E-state index contributed by atoms with van der Waals surface area (Å²) in [5.41, 5.74) is 7.15. The zero-order chi connectivity index (χ0) is 28.8. The average molecular weight is 621 g/mol. The molecule has 220 valence electrons. The van der Waals surface area contributed by atoms with Crippen molar-refractivity contribution in [2.24, 2.45) is 0 Å². The fourth-order valence-corrected chi connectivity index (χ4v) is 9.60. The van der Waals surface area contributed by atoms with Gasteiger partial charge in [-0.25, -0.2) is 6.07 Å². The van der Waals surface area contributed by atoms with Gasteiger partial charge in [-0.1, -0.05) is 95.7 Å². The molecule has 0 aliphatic heterocycles. The van der Waals surface area contributed by atoms with E-state index in [-0.39, 0.29) is 35.3 Å². The molecule has 3 aromatic carbocycles. The van der Waals surface area contributed by atoms with Gasteiger partial charge in [0.2, 0.25) is 0 Å². The van der Waals surface area contributed by atoms with E-state index in [0.29, 0.717) is 0 Å². The van der Waals surface area contributed by atoms with Crippen LogP contribution in [-0.4, -0.2) is 20.3 Å². The van der Waals surface area contributed by atoms with Gasteiger partial charge in [-0.15, -0.1) is 28.3 Å². The summed E-state index contributed by atoms with van der Waals surface area (Å²) in [4.78, 5) is 9.70. The number of pyridine rings is 2. The van der Waals surface area contributed by atoms with Gasteiger partial charge in [0.05, 0.1) is 16.5 Å². The van der Waals surface area contributed by atoms with Gasteiger partial charge >= 0.3 is 0 Å². The first-order valence-electron chi connectivity index (χ1n) is 13.9. The number of nitrogens with zero attached hydrogens (tertiary/aromatic N) is 2. The van der Waals surface area contributed by atoms with Crippen molar-refractivity contribution in [2.45, 2.75) is 63.2 Å². The monoisotopic (exact) mass is 620 g/mol. The molecule has 5 heteroatoms. The Labute approximate surface area is 261 Å². The maximum atomic E-state index is 4.85. The van der Waals surface area contributed by atoms with Gasteiger partial charge in [-0.2, -0.15) is 11.6 Å². The molecular weight excluding hydrogens is 578 g/mol. The van der Waals surface area contributed by atoms with Gasteiger partial charge in [-0.05, 0) is 34.6 Å². The maximum absolute atomic E-state index is 4.85. The van der Waals surface area contributed by atoms with Crippen LogP contribution < -0.4 is 0 Å². The molecule has 5 aromatic rings. The van der Waals surface area contributed by atoms with Crippen molar-refractivity contribution >= 4 is 17.2 Å². The minimum Gasteiger partial charge on any atom is -0.748 e. The third-order valence-corrected chi connectivity index (χ3v) is 11.9. The quantitative estimate of drug-likeness (QED) is 0.107. The van der Waals surface area contributed by atoms with Crippen LogP contribution in [0.5, 0.6) is 0 Å². The largest absolute Gasteiger partial charge is 0.748 e. The summed E-state index contributed by atoms with van der Waals surface area (Å²) in [5, 5.41) is -0.0786. The molecule has 0 radical (unpaired) electrons. The summed E-state index contributed by atoms with van der Waals surface area (Å²) in [6, 6.07) is 37.8. The number of benzene rings is 1. The molecule has 2 aromatic heterocycles. The fourth-order valence-electron chi connectivity index (χ4n) is 5.42. The standard InChI is InChI=1S/C31H37N2P2.C5H5.Fe/c1-29(2,3)35(30(4,5)6)22-25-20-24(23-14-8-7-9-15-23)21-26(25)31(34,27-16-10-12-18-32-27)28-17-11-13-19-33-28;1-2-4-5-3-1;/h7-21H,22,34H2,1-6H3;1-5H;/q-1;-5;. The molecule has 2 nitrogen and oxygen atoms in total. The number of aromatic nitrogens is 2. The second-order valence-corrected chi connectivity index (χ2v) is 16.9. The first kappa shape index (κ1) is 33.1. The van der Waals surface area contributed by atoms with E-state index >= 15 is 0 Å². The second-order valence-electron chi connectivity index (χ2n) is 12.2. The molecule has 1 unspecified atom stereocenters. The molecule has 0 saturated heterocycles. The van der Waals surface area contributed by atoms with Crippen LogP contribution >= 0.6 is 17.2 Å². The van der Waals surface area contributed by atoms with Crippen molar-refractivity contribution < 1.29 is 17.1 Å². The van der Waals surface area contributed by atoms with Crippen LogP contribution in [-0.2, 0) is 28.4 Å². The van der Waals surface area contributed by atoms with Gasteiger partial charge in [-0.3, -0.25) is 9.97 Å². The van der Waals surface area contributed by atoms with Crippen LogP contribution in [0, 0.1) is 0 Å². The second kappa shape index (κ2) is 14.2. The van der Waals surface area contributed by atoms with Crippen molar-refractivity contribution in [3.8, 4) is 11.1 Å². The summed E-state index contributed by atoms with van der Waals surface area (Å²) in [5.74, 6) is 0. The summed E-state index contributed by atoms with van der Waals surface area (Å²) in [6.45, 7) is 14.4. The fraction of sp³-hybridized carbons (Fsp3) is 0.278. The van der Waals surface area contributed by atoms with E-state index in [1.807, 2.05) is 54.9 Å². The molecule has 0 fully saturated rings. The smallest absolute Gasteiger partial charge is 0.0710 e. The Morgan fingerprint density at radius 3 is 1.56 bits per heavy atom. The van der Waals surface area contributed by atoms with E-state index in [2.05, 4.69) is 118 Å². The summed E-state index contributed by atoms with van der Waals surface area (Å²) >= 11 is 0. The first-order valence-corrected chi connectivity index (χ1v) is 16.0. The van der Waals surface area contributed by atoms with Gasteiger partial charge in [0.25, 0.3) is 0 Å². The van der Waals surface area contributed by atoms with Crippen LogP contribution in [0.4, 0.5) is 0 Å². The molecule has 0 aliphatic rings. The molecule has 0 saturated carbocycles. The molecule has 1 atom stereocenters. The van der Waals surface area contributed by atoms with Crippen molar-refractivity contribution in [3.63, 3.8) is 0 Å². The molecular formula is C36H42FeN2P2-6. The third kappa shape index (κ3) is 8.12. The normalized spacial score (nSPS) is 11.9. The van der Waals surface area contributed by atoms with E-state index in [4.69, 9.17) is 9.97 Å². The zero-order valence-corrected chi connectivity index (χ0v) is 28.2. The summed E-state index contributed by atoms with van der Waals surface area (Å²) in [7, 11) is 2.82. The Morgan fingerprint density at radius 2 is 1.15 bits per heavy atom. The Balaban J connectivity index is 0.000000696. The van der Waals surface area contributed by atoms with Crippen LogP contribution in [0.15, 0.2) is 122 Å². The predicted molar refractivity (Wildman–Crippen MR) is 178 cm³/mol. The van der Waals surface area contributed by atoms with Gasteiger partial charge in [0.1, 0.15) is 0 Å². The Morgan fingerprint density at radius 1 is 0.683 bits per heavy atom. The number of rotatable bonds is 6. The molecule has 5 rings (SSSR count). The summed E-state index contributed by atoms with van der Waals surface area (Å²) < 4.78 is 0. The first-order chi connectivity index (χ1) is 19.0. The third-order valence-electron chi connectivity index (χ3n) is 7.15. The van der Waals surface area contributed by atoms with Crippen LogP contribution in [0.3, 0.4) is 0 Å². The Kier molecular flexibility index (Phi) is 11.4. The van der Waals surface area contributed by atoms with E-state index in [9.17, 15) is 0 Å². The SMILES string of the molecule is CC(C)(C)P(C[c-]1cc(-c2ccccc2)cc1C(P)(c1ccccn1)c1ccccn1)C(C)(C)C.[Fe].[cH-]1[cH-][cH-][cH-][cH-]1. The topological polar surface area (TPSA) is 25.8 Å². The van der Waals surface area contributed by atoms with E-state index in [0.717, 1.165) is 17.5 Å². The van der Waals surface area contributed by atoms with E-state index in [1.54, 1.807) is 0 Å². The van der Waals surface area contributed by atoms with Gasteiger partial charge < -0.3 is 30.3 Å². The minimum absolute atomic E-state index is 0. The van der Waals surface area contributed by atoms with Crippen molar-refractivity contribution in [1.82, 2.24) is 9.97 Å². The van der Waals surface area contributed by atoms with Crippen LogP contribution in [0.25, 0.3) is 11.1 Å². The molecule has 2 heterocycles. The van der Waals surface area contributed by atoms with Crippen molar-refractivity contribution in [1.29, 1.82) is 0 Å². The van der Waals surface area contributed by atoms with Crippen molar-refractivity contribution in [3.05, 3.63) is 144 Å². The Hall–Kier alpha value is -2.40. The number of hydrogen-bond donors (Lipinski definition) is 0. The van der Waals surface area contributed by atoms with Crippen LogP contribution in [0.2, 0.25) is 0 Å². The average Bonchev–Trinajstić information content (AvgIpc) is 3.66. The minimum atomic E-state index is -0.540. The summed E-state index contributed by atoms with van der Waals surface area (Å²) in [6.07, 6.45) is 4.82. The molecule has 0 bridgehead atoms. The molecule has 0 N–H and O–H groups in total. The predicted octanol–water partition coefficient (Wildman–Crippen LogP) is 10.0. The molecule has 41 heavy (non-hydrogen) atoms. The zero-order valence-electron chi connectivity index (χ0n) is 25.0. The van der Waals surface area contributed by atoms with Gasteiger partial charge in [0, 0.05) is 29.5 Å². The molecule has 0 spiro atoms.